The van der Waals surface area contributed by atoms with Crippen LogP contribution in [0, 0.1) is 0 Å². The first-order valence-corrected chi connectivity index (χ1v) is 8.65. The third-order valence-corrected chi connectivity index (χ3v) is 4.42. The van der Waals surface area contributed by atoms with Gasteiger partial charge in [-0.15, -0.1) is 0 Å². The number of nitrogens with one attached hydrogen (secondary N) is 3. The molecule has 1 aliphatic rings. The van der Waals surface area contributed by atoms with Gasteiger partial charge in [0, 0.05) is 44.1 Å². The van der Waals surface area contributed by atoms with E-state index in [0.29, 0.717) is 18.8 Å². The van der Waals surface area contributed by atoms with Gasteiger partial charge in [-0.05, 0) is 43.2 Å². The summed E-state index contributed by atoms with van der Waals surface area (Å²) in [6.07, 6.45) is 7.54. The quantitative estimate of drug-likeness (QED) is 0.716. The number of hydrogen-bond acceptors (Lipinski definition) is 5. The van der Waals surface area contributed by atoms with E-state index in [0.717, 1.165) is 23.4 Å². The van der Waals surface area contributed by atoms with Crippen LogP contribution < -0.4 is 16.2 Å². The standard InChI is InChI=1S/C19H23N5O2/c1-3-4-18(25)24-8-6-15(12-24)23-16-9-14(11-22-19(16)26)13-5-7-21-17(10-13)20-2/h3-5,7,9-11,15,23H,6,8,12H2,1-2H3,(H,20,21)(H,22,26)/b4-3+/t15-/m1/s1. The van der Waals surface area contributed by atoms with Crippen LogP contribution in [0.1, 0.15) is 13.3 Å². The number of aromatic nitrogens is 2. The van der Waals surface area contributed by atoms with Gasteiger partial charge in [-0.2, -0.15) is 0 Å². The molecule has 1 amide bonds. The predicted octanol–water partition coefficient (Wildman–Crippen LogP) is 2.07. The molecule has 3 heterocycles. The van der Waals surface area contributed by atoms with Crippen LogP contribution in [0.5, 0.6) is 0 Å². The van der Waals surface area contributed by atoms with E-state index in [9.17, 15) is 9.59 Å². The number of rotatable bonds is 5. The Hall–Kier alpha value is -3.09. The van der Waals surface area contributed by atoms with Gasteiger partial charge in [0.25, 0.3) is 5.56 Å². The van der Waals surface area contributed by atoms with E-state index < -0.39 is 0 Å². The number of H-pyrrole nitrogens is 1. The van der Waals surface area contributed by atoms with Crippen LogP contribution in [0.15, 0.2) is 47.5 Å². The summed E-state index contributed by atoms with van der Waals surface area (Å²) in [7, 11) is 1.81. The van der Waals surface area contributed by atoms with E-state index in [1.165, 1.54) is 0 Å². The molecule has 0 radical (unpaired) electrons. The van der Waals surface area contributed by atoms with Crippen LogP contribution in [0.25, 0.3) is 11.1 Å². The highest BCUT2D eigenvalue weighted by Crippen LogP contribution is 2.22. The summed E-state index contributed by atoms with van der Waals surface area (Å²) in [5.74, 6) is 0.771. The van der Waals surface area contributed by atoms with Crippen molar-refractivity contribution >= 4 is 17.4 Å². The second-order valence-electron chi connectivity index (χ2n) is 6.23. The number of carbonyl (C=O) groups is 1. The van der Waals surface area contributed by atoms with E-state index >= 15 is 0 Å². The highest BCUT2D eigenvalue weighted by Gasteiger charge is 2.25. The summed E-state index contributed by atoms with van der Waals surface area (Å²) < 4.78 is 0. The van der Waals surface area contributed by atoms with Gasteiger partial charge in [0.05, 0.1) is 0 Å². The van der Waals surface area contributed by atoms with E-state index in [1.807, 2.05) is 32.2 Å². The van der Waals surface area contributed by atoms with Gasteiger partial charge in [0.2, 0.25) is 5.91 Å². The summed E-state index contributed by atoms with van der Waals surface area (Å²) >= 11 is 0. The lowest BCUT2D eigenvalue weighted by atomic mass is 10.1. The monoisotopic (exact) mass is 353 g/mol. The van der Waals surface area contributed by atoms with Crippen LogP contribution >= 0.6 is 0 Å². The van der Waals surface area contributed by atoms with Gasteiger partial charge >= 0.3 is 0 Å². The van der Waals surface area contributed by atoms with Gasteiger partial charge in [-0.1, -0.05) is 6.08 Å². The molecule has 0 bridgehead atoms. The fourth-order valence-corrected chi connectivity index (χ4v) is 3.05. The van der Waals surface area contributed by atoms with Crippen molar-refractivity contribution in [3.05, 3.63) is 53.1 Å². The second kappa shape index (κ2) is 7.86. The van der Waals surface area contributed by atoms with Gasteiger partial charge in [0.1, 0.15) is 11.5 Å². The Morgan fingerprint density at radius 3 is 3.00 bits per heavy atom. The lowest BCUT2D eigenvalue weighted by Crippen LogP contribution is -2.31. The smallest absolute Gasteiger partial charge is 0.271 e. The van der Waals surface area contributed by atoms with E-state index in [-0.39, 0.29) is 17.5 Å². The molecule has 136 valence electrons. The van der Waals surface area contributed by atoms with Crippen molar-refractivity contribution in [2.75, 3.05) is 30.8 Å². The highest BCUT2D eigenvalue weighted by molar-refractivity contribution is 5.87. The molecule has 7 nitrogen and oxygen atoms in total. The van der Waals surface area contributed by atoms with Gasteiger partial charge < -0.3 is 20.5 Å². The van der Waals surface area contributed by atoms with Crippen LogP contribution in [0.2, 0.25) is 0 Å². The van der Waals surface area contributed by atoms with Crippen molar-refractivity contribution in [1.29, 1.82) is 0 Å². The molecule has 3 N–H and O–H groups in total. The number of pyridine rings is 2. The average Bonchev–Trinajstić information content (AvgIpc) is 3.12. The number of allylic oxidation sites excluding steroid dienone is 1. The zero-order valence-electron chi connectivity index (χ0n) is 15.0. The number of hydrogen-bond donors (Lipinski definition) is 3. The molecule has 3 rings (SSSR count). The third-order valence-electron chi connectivity index (χ3n) is 4.42. The summed E-state index contributed by atoms with van der Waals surface area (Å²) in [5.41, 5.74) is 2.19. The number of likely N-dealkylation sites (tertiary alicyclic amines) is 1. The highest BCUT2D eigenvalue weighted by atomic mass is 16.2. The van der Waals surface area contributed by atoms with Crippen molar-refractivity contribution in [2.24, 2.45) is 0 Å². The SMILES string of the molecule is C/C=C/C(=O)N1CC[C@@H](Nc2cc(-c3ccnc(NC)c3)c[nH]c2=O)C1. The van der Waals surface area contributed by atoms with E-state index in [1.54, 1.807) is 29.4 Å². The zero-order chi connectivity index (χ0) is 18.5. The van der Waals surface area contributed by atoms with Gasteiger partial charge in [0.15, 0.2) is 0 Å². The first kappa shape index (κ1) is 17.7. The Morgan fingerprint density at radius 2 is 2.23 bits per heavy atom. The maximum absolute atomic E-state index is 12.2. The molecule has 0 saturated carbocycles. The van der Waals surface area contributed by atoms with E-state index in [2.05, 4.69) is 20.6 Å². The summed E-state index contributed by atoms with van der Waals surface area (Å²) in [5, 5.41) is 6.29. The average molecular weight is 353 g/mol. The molecular weight excluding hydrogens is 330 g/mol. The molecule has 1 atom stereocenters. The van der Waals surface area contributed by atoms with Crippen LogP contribution in [0.3, 0.4) is 0 Å². The molecule has 1 fully saturated rings. The number of nitrogens with zero attached hydrogens (tertiary/aromatic N) is 2. The zero-order valence-corrected chi connectivity index (χ0v) is 15.0. The lowest BCUT2D eigenvalue weighted by Gasteiger charge is -2.16. The van der Waals surface area contributed by atoms with Gasteiger partial charge in [-0.3, -0.25) is 9.59 Å². The Labute approximate surface area is 152 Å². The summed E-state index contributed by atoms with van der Waals surface area (Å²) in [6.45, 7) is 3.10. The Balaban J connectivity index is 1.77. The Kier molecular flexibility index (Phi) is 5.36. The molecule has 0 aromatic carbocycles. The largest absolute Gasteiger partial charge is 0.376 e. The van der Waals surface area contributed by atoms with Crippen molar-refractivity contribution < 1.29 is 4.79 Å². The molecule has 1 aliphatic heterocycles. The van der Waals surface area contributed by atoms with Crippen molar-refractivity contribution in [2.45, 2.75) is 19.4 Å². The normalized spacial score (nSPS) is 16.8. The van der Waals surface area contributed by atoms with Crippen LogP contribution in [0.4, 0.5) is 11.5 Å². The van der Waals surface area contributed by atoms with Crippen molar-refractivity contribution in [1.82, 2.24) is 14.9 Å². The van der Waals surface area contributed by atoms with Crippen LogP contribution in [-0.4, -0.2) is 47.0 Å². The van der Waals surface area contributed by atoms with Crippen LogP contribution in [-0.2, 0) is 4.79 Å². The summed E-state index contributed by atoms with van der Waals surface area (Å²) in [4.78, 5) is 32.9. The minimum Gasteiger partial charge on any atom is -0.376 e. The maximum atomic E-state index is 12.2. The number of anilines is 2. The first-order valence-electron chi connectivity index (χ1n) is 8.65. The Bertz CT molecular complexity index is 874. The second-order valence-corrected chi connectivity index (χ2v) is 6.23. The molecule has 0 unspecified atom stereocenters. The van der Waals surface area contributed by atoms with Crippen molar-refractivity contribution in [3.8, 4) is 11.1 Å². The Morgan fingerprint density at radius 1 is 1.38 bits per heavy atom. The van der Waals surface area contributed by atoms with Crippen molar-refractivity contribution in [3.63, 3.8) is 0 Å². The fraction of sp³-hybridized carbons (Fsp3) is 0.316. The number of aromatic amines is 1. The fourth-order valence-electron chi connectivity index (χ4n) is 3.05. The number of carbonyl (C=O) groups excluding carboxylic acids is 1. The minimum atomic E-state index is -0.171. The lowest BCUT2D eigenvalue weighted by molar-refractivity contribution is -0.125. The summed E-state index contributed by atoms with van der Waals surface area (Å²) in [6, 6.07) is 5.71. The number of amides is 1. The maximum Gasteiger partial charge on any atom is 0.271 e. The topological polar surface area (TPSA) is 90.1 Å². The van der Waals surface area contributed by atoms with E-state index in [4.69, 9.17) is 0 Å². The molecule has 1 saturated heterocycles. The predicted molar refractivity (Wildman–Crippen MR) is 103 cm³/mol. The molecule has 7 heteroatoms. The third kappa shape index (κ3) is 3.93. The molecular formula is C19H23N5O2. The first-order chi connectivity index (χ1) is 12.6. The molecule has 0 aliphatic carbocycles. The molecule has 2 aromatic heterocycles. The van der Waals surface area contributed by atoms with Gasteiger partial charge in [-0.25, -0.2) is 4.98 Å². The molecule has 0 spiro atoms. The molecule has 2 aromatic rings. The minimum absolute atomic E-state index is 0.0100. The molecule has 26 heavy (non-hydrogen) atoms.